The molecule has 0 aliphatic rings. The Kier molecular flexibility index (Phi) is 7.11. The fourth-order valence-electron chi connectivity index (χ4n) is 2.01. The van der Waals surface area contributed by atoms with E-state index in [1.54, 1.807) is 12.1 Å². The number of methoxy groups -OCH3 is 1. The van der Waals surface area contributed by atoms with E-state index in [1.165, 1.54) is 19.2 Å². The summed E-state index contributed by atoms with van der Waals surface area (Å²) in [4.78, 5) is 23.0. The molecule has 0 heterocycles. The molecule has 0 spiro atoms. The van der Waals surface area contributed by atoms with Crippen LogP contribution in [0, 0.1) is 0 Å². The number of para-hydroxylation sites is 1. The quantitative estimate of drug-likeness (QED) is 0.531. The number of benzene rings is 2. The molecular formula is C18H18ClNO6. The maximum Gasteiger partial charge on any atom is 0.338 e. The lowest BCUT2D eigenvalue weighted by Crippen LogP contribution is -2.20. The third kappa shape index (κ3) is 5.56. The molecule has 0 saturated heterocycles. The fraction of sp³-hybridized carbons (Fsp3) is 0.222. The lowest BCUT2D eigenvalue weighted by molar-refractivity contribution is -0.119. The summed E-state index contributed by atoms with van der Waals surface area (Å²) in [5.41, 5.74) is 5.21. The highest BCUT2D eigenvalue weighted by atomic mass is 35.5. The van der Waals surface area contributed by atoms with Crippen LogP contribution in [0.25, 0.3) is 0 Å². The number of carbonyl (C=O) groups is 2. The van der Waals surface area contributed by atoms with Crippen LogP contribution in [0.5, 0.6) is 17.2 Å². The highest BCUT2D eigenvalue weighted by molar-refractivity contribution is 6.32. The van der Waals surface area contributed by atoms with Gasteiger partial charge in [-0.25, -0.2) is 4.79 Å². The van der Waals surface area contributed by atoms with E-state index in [1.807, 2.05) is 18.2 Å². The summed E-state index contributed by atoms with van der Waals surface area (Å²) in [6, 6.07) is 11.9. The molecule has 0 aliphatic carbocycles. The van der Waals surface area contributed by atoms with E-state index in [0.29, 0.717) is 5.75 Å². The van der Waals surface area contributed by atoms with Crippen molar-refractivity contribution in [1.82, 2.24) is 0 Å². The monoisotopic (exact) mass is 379 g/mol. The fourth-order valence-corrected chi connectivity index (χ4v) is 2.28. The van der Waals surface area contributed by atoms with E-state index in [9.17, 15) is 9.59 Å². The molecule has 0 aromatic heterocycles. The Labute approximate surface area is 155 Å². The second-order valence-corrected chi connectivity index (χ2v) is 5.45. The third-order valence-electron chi connectivity index (χ3n) is 3.15. The van der Waals surface area contributed by atoms with Crippen LogP contribution in [0.3, 0.4) is 0 Å². The number of esters is 1. The summed E-state index contributed by atoms with van der Waals surface area (Å²) in [6.45, 7) is -0.0925. The van der Waals surface area contributed by atoms with Gasteiger partial charge in [0, 0.05) is 0 Å². The van der Waals surface area contributed by atoms with Gasteiger partial charge < -0.3 is 24.7 Å². The zero-order valence-electron chi connectivity index (χ0n) is 14.1. The molecule has 0 unspecified atom stereocenters. The predicted octanol–water partition coefficient (Wildman–Crippen LogP) is 2.45. The molecule has 0 radical (unpaired) electrons. The Hall–Kier alpha value is -2.93. The third-order valence-corrected chi connectivity index (χ3v) is 3.43. The van der Waals surface area contributed by atoms with Crippen molar-refractivity contribution in [2.24, 2.45) is 5.73 Å². The van der Waals surface area contributed by atoms with Crippen LogP contribution in [-0.2, 0) is 9.53 Å². The Morgan fingerprint density at radius 2 is 1.81 bits per heavy atom. The summed E-state index contributed by atoms with van der Waals surface area (Å²) in [6.07, 6.45) is 0. The van der Waals surface area contributed by atoms with E-state index in [2.05, 4.69) is 0 Å². The highest BCUT2D eigenvalue weighted by Gasteiger charge is 2.17. The highest BCUT2D eigenvalue weighted by Crippen LogP contribution is 2.36. The van der Waals surface area contributed by atoms with Crippen molar-refractivity contribution < 1.29 is 28.5 Å². The number of rotatable bonds is 9. The Balaban J connectivity index is 1.95. The average Bonchev–Trinajstić information content (AvgIpc) is 2.64. The van der Waals surface area contributed by atoms with E-state index < -0.39 is 11.9 Å². The minimum Gasteiger partial charge on any atom is -0.493 e. The molecule has 2 aromatic carbocycles. The molecule has 1 amide bonds. The van der Waals surface area contributed by atoms with E-state index in [0.717, 1.165) is 0 Å². The number of halogens is 1. The zero-order valence-corrected chi connectivity index (χ0v) is 14.8. The molecule has 7 nitrogen and oxygen atoms in total. The minimum absolute atomic E-state index is 0.0631. The van der Waals surface area contributed by atoms with Gasteiger partial charge in [-0.15, -0.1) is 0 Å². The van der Waals surface area contributed by atoms with E-state index in [4.69, 9.17) is 36.3 Å². The molecule has 0 fully saturated rings. The number of carbonyl (C=O) groups excluding carboxylic acids is 2. The Bertz CT molecular complexity index is 766. The average molecular weight is 380 g/mol. The number of hydrogen-bond donors (Lipinski definition) is 1. The van der Waals surface area contributed by atoms with Crippen molar-refractivity contribution in [2.75, 3.05) is 26.9 Å². The SMILES string of the molecule is COc1cc(C(=O)OCCOc2ccccc2)cc(Cl)c1OCC(N)=O. The number of amides is 1. The summed E-state index contributed by atoms with van der Waals surface area (Å²) < 4.78 is 20.9. The Morgan fingerprint density at radius 3 is 2.46 bits per heavy atom. The number of ether oxygens (including phenoxy) is 4. The summed E-state index contributed by atoms with van der Waals surface area (Å²) in [7, 11) is 1.38. The van der Waals surface area contributed by atoms with Crippen molar-refractivity contribution in [3.05, 3.63) is 53.1 Å². The minimum atomic E-state index is -0.662. The number of nitrogens with two attached hydrogens (primary N) is 1. The molecule has 0 saturated carbocycles. The van der Waals surface area contributed by atoms with Crippen LogP contribution in [0.4, 0.5) is 0 Å². The smallest absolute Gasteiger partial charge is 0.338 e. The van der Waals surface area contributed by atoms with Gasteiger partial charge >= 0.3 is 5.97 Å². The maximum atomic E-state index is 12.1. The second kappa shape index (κ2) is 9.53. The second-order valence-electron chi connectivity index (χ2n) is 5.04. The van der Waals surface area contributed by atoms with E-state index in [-0.39, 0.29) is 41.9 Å². The van der Waals surface area contributed by atoms with Crippen molar-refractivity contribution in [3.63, 3.8) is 0 Å². The molecule has 2 rings (SSSR count). The molecular weight excluding hydrogens is 362 g/mol. The van der Waals surface area contributed by atoms with Gasteiger partial charge in [0.1, 0.15) is 19.0 Å². The molecule has 0 aliphatic heterocycles. The first kappa shape index (κ1) is 19.4. The van der Waals surface area contributed by atoms with Crippen LogP contribution in [0.15, 0.2) is 42.5 Å². The Morgan fingerprint density at radius 1 is 1.08 bits per heavy atom. The van der Waals surface area contributed by atoms with Gasteiger partial charge in [-0.2, -0.15) is 0 Å². The maximum absolute atomic E-state index is 12.1. The normalized spacial score (nSPS) is 10.1. The van der Waals surface area contributed by atoms with Gasteiger partial charge in [0.05, 0.1) is 17.7 Å². The van der Waals surface area contributed by atoms with Gasteiger partial charge in [-0.3, -0.25) is 4.79 Å². The summed E-state index contributed by atoms with van der Waals surface area (Å²) in [5, 5.41) is 0.0954. The van der Waals surface area contributed by atoms with Crippen LogP contribution in [0.1, 0.15) is 10.4 Å². The summed E-state index contributed by atoms with van der Waals surface area (Å²) in [5.74, 6) is -0.263. The van der Waals surface area contributed by atoms with Gasteiger partial charge in [0.25, 0.3) is 5.91 Å². The van der Waals surface area contributed by atoms with Crippen LogP contribution in [0.2, 0.25) is 5.02 Å². The molecule has 26 heavy (non-hydrogen) atoms. The van der Waals surface area contributed by atoms with Crippen molar-refractivity contribution in [1.29, 1.82) is 0 Å². The predicted molar refractivity (Wildman–Crippen MR) is 94.9 cm³/mol. The van der Waals surface area contributed by atoms with Gasteiger partial charge in [0.2, 0.25) is 0 Å². The molecule has 8 heteroatoms. The van der Waals surface area contributed by atoms with Crippen LogP contribution >= 0.6 is 11.6 Å². The standard InChI is InChI=1S/C18H18ClNO6/c1-23-15-10-12(9-14(19)17(15)26-11-16(20)21)18(22)25-8-7-24-13-5-3-2-4-6-13/h2-6,9-10H,7-8,11H2,1H3,(H2,20,21). The molecule has 2 aromatic rings. The van der Waals surface area contributed by atoms with Gasteiger partial charge in [0.15, 0.2) is 18.1 Å². The van der Waals surface area contributed by atoms with Crippen molar-refractivity contribution in [3.8, 4) is 17.2 Å². The molecule has 0 bridgehead atoms. The first-order valence-corrected chi connectivity index (χ1v) is 8.02. The van der Waals surface area contributed by atoms with E-state index >= 15 is 0 Å². The zero-order chi connectivity index (χ0) is 18.9. The van der Waals surface area contributed by atoms with Gasteiger partial charge in [-0.1, -0.05) is 29.8 Å². The lowest BCUT2D eigenvalue weighted by atomic mass is 10.2. The van der Waals surface area contributed by atoms with Crippen molar-refractivity contribution in [2.45, 2.75) is 0 Å². The van der Waals surface area contributed by atoms with Crippen LogP contribution in [-0.4, -0.2) is 38.8 Å². The first-order valence-electron chi connectivity index (χ1n) is 7.65. The molecule has 2 N–H and O–H groups in total. The number of hydrogen-bond acceptors (Lipinski definition) is 6. The number of primary amides is 1. The summed E-state index contributed by atoms with van der Waals surface area (Å²) >= 11 is 6.09. The lowest BCUT2D eigenvalue weighted by Gasteiger charge is -2.13. The molecule has 0 atom stereocenters. The largest absolute Gasteiger partial charge is 0.493 e. The molecule has 138 valence electrons. The van der Waals surface area contributed by atoms with Gasteiger partial charge in [-0.05, 0) is 24.3 Å². The van der Waals surface area contributed by atoms with Crippen molar-refractivity contribution >= 4 is 23.5 Å². The first-order chi connectivity index (χ1) is 12.5. The van der Waals surface area contributed by atoms with Crippen LogP contribution < -0.4 is 19.9 Å². The topological polar surface area (TPSA) is 97.1 Å².